The van der Waals surface area contributed by atoms with Crippen molar-refractivity contribution in [2.75, 3.05) is 23.9 Å². The summed E-state index contributed by atoms with van der Waals surface area (Å²) < 4.78 is 27.1. The summed E-state index contributed by atoms with van der Waals surface area (Å²) in [6, 6.07) is 6.84. The van der Waals surface area contributed by atoms with E-state index in [0.717, 1.165) is 30.8 Å². The van der Waals surface area contributed by atoms with Crippen LogP contribution in [0.4, 0.5) is 5.69 Å². The first-order valence-corrected chi connectivity index (χ1v) is 9.72. The maximum absolute atomic E-state index is 12.2. The molecular weight excluding hydrogens is 292 g/mol. The lowest BCUT2D eigenvalue weighted by atomic mass is 10.3. The molecule has 6 heteroatoms. The molecule has 4 nitrogen and oxygen atoms in total. The van der Waals surface area contributed by atoms with Crippen LogP contribution in [0.25, 0.3) is 0 Å². The Bertz CT molecular complexity index is 486. The first-order valence-electron chi connectivity index (χ1n) is 6.84. The first-order chi connectivity index (χ1) is 9.49. The van der Waals surface area contributed by atoms with Crippen molar-refractivity contribution in [3.63, 3.8) is 0 Å². The first kappa shape index (κ1) is 17.3. The number of nitrogens with one attached hydrogen (secondary N) is 2. The van der Waals surface area contributed by atoms with Crippen molar-refractivity contribution in [2.24, 2.45) is 0 Å². The van der Waals surface area contributed by atoms with Gasteiger partial charge in [0, 0.05) is 18.3 Å². The Kier molecular flexibility index (Phi) is 7.40. The molecule has 0 saturated carbocycles. The molecule has 0 saturated heterocycles. The van der Waals surface area contributed by atoms with E-state index >= 15 is 0 Å². The number of hydrogen-bond acceptors (Lipinski definition) is 4. The van der Waals surface area contributed by atoms with Gasteiger partial charge in [-0.3, -0.25) is 0 Å². The van der Waals surface area contributed by atoms with E-state index in [0.29, 0.717) is 4.90 Å². The maximum atomic E-state index is 12.2. The van der Waals surface area contributed by atoms with Crippen LogP contribution >= 0.6 is 11.8 Å². The minimum absolute atomic E-state index is 0.0506. The van der Waals surface area contributed by atoms with Crippen molar-refractivity contribution in [3.05, 3.63) is 24.3 Å². The van der Waals surface area contributed by atoms with Crippen LogP contribution in [0, 0.1) is 0 Å². The lowest BCUT2D eigenvalue weighted by Crippen LogP contribution is -2.32. The smallest absolute Gasteiger partial charge is 0.240 e. The zero-order chi connectivity index (χ0) is 15.0. The number of thioether (sulfide) groups is 1. The zero-order valence-corrected chi connectivity index (χ0v) is 14.0. The normalized spacial score (nSPS) is 13.2. The summed E-state index contributed by atoms with van der Waals surface area (Å²) in [4.78, 5) is 0.315. The SMILES string of the molecule is CCCNc1ccc(S(=O)(=O)NC(C)CCSC)cc1. The van der Waals surface area contributed by atoms with Gasteiger partial charge >= 0.3 is 0 Å². The summed E-state index contributed by atoms with van der Waals surface area (Å²) in [5, 5.41) is 3.22. The van der Waals surface area contributed by atoms with Crippen LogP contribution in [-0.2, 0) is 10.0 Å². The second-order valence-electron chi connectivity index (χ2n) is 4.75. The van der Waals surface area contributed by atoms with Gasteiger partial charge in [0.05, 0.1) is 4.90 Å². The summed E-state index contributed by atoms with van der Waals surface area (Å²) in [6.07, 6.45) is 3.88. The van der Waals surface area contributed by atoms with Crippen LogP contribution in [0.5, 0.6) is 0 Å². The van der Waals surface area contributed by atoms with Gasteiger partial charge in [-0.15, -0.1) is 0 Å². The molecule has 1 aromatic rings. The van der Waals surface area contributed by atoms with Gasteiger partial charge in [0.15, 0.2) is 0 Å². The molecule has 20 heavy (non-hydrogen) atoms. The summed E-state index contributed by atoms with van der Waals surface area (Å²) in [5.74, 6) is 0.948. The molecule has 1 unspecified atom stereocenters. The molecule has 1 aromatic carbocycles. The number of benzene rings is 1. The van der Waals surface area contributed by atoms with Gasteiger partial charge < -0.3 is 5.32 Å². The molecule has 0 aliphatic carbocycles. The Morgan fingerprint density at radius 2 is 1.90 bits per heavy atom. The number of sulfonamides is 1. The van der Waals surface area contributed by atoms with Crippen molar-refractivity contribution in [1.82, 2.24) is 4.72 Å². The van der Waals surface area contributed by atoms with Crippen LogP contribution in [0.3, 0.4) is 0 Å². The van der Waals surface area contributed by atoms with Crippen LogP contribution in [0.1, 0.15) is 26.7 Å². The number of anilines is 1. The summed E-state index contributed by atoms with van der Waals surface area (Å²) in [5.41, 5.74) is 0.946. The molecule has 2 N–H and O–H groups in total. The summed E-state index contributed by atoms with van der Waals surface area (Å²) >= 11 is 1.72. The average Bonchev–Trinajstić information content (AvgIpc) is 2.43. The molecule has 0 aliphatic rings. The van der Waals surface area contributed by atoms with Gasteiger partial charge in [-0.25, -0.2) is 13.1 Å². The fourth-order valence-corrected chi connectivity index (χ4v) is 3.58. The van der Waals surface area contributed by atoms with E-state index in [1.165, 1.54) is 0 Å². The van der Waals surface area contributed by atoms with Crippen LogP contribution in [-0.4, -0.2) is 33.0 Å². The minimum Gasteiger partial charge on any atom is -0.385 e. The highest BCUT2D eigenvalue weighted by Gasteiger charge is 2.16. The molecule has 0 radical (unpaired) electrons. The average molecular weight is 316 g/mol. The van der Waals surface area contributed by atoms with Gasteiger partial charge in [0.2, 0.25) is 10.0 Å². The molecule has 0 amide bonds. The van der Waals surface area contributed by atoms with Crippen molar-refractivity contribution in [2.45, 2.75) is 37.6 Å². The topological polar surface area (TPSA) is 58.2 Å². The Morgan fingerprint density at radius 1 is 1.25 bits per heavy atom. The summed E-state index contributed by atoms with van der Waals surface area (Å²) in [6.45, 7) is 4.87. The van der Waals surface area contributed by atoms with Crippen molar-refractivity contribution in [3.8, 4) is 0 Å². The van der Waals surface area contributed by atoms with E-state index in [2.05, 4.69) is 17.0 Å². The molecule has 0 heterocycles. The molecule has 0 aromatic heterocycles. The largest absolute Gasteiger partial charge is 0.385 e. The van der Waals surface area contributed by atoms with E-state index < -0.39 is 10.0 Å². The molecule has 114 valence electrons. The predicted molar refractivity (Wildman–Crippen MR) is 88.0 cm³/mol. The molecule has 0 fully saturated rings. The highest BCUT2D eigenvalue weighted by Crippen LogP contribution is 2.15. The van der Waals surface area contributed by atoms with E-state index in [9.17, 15) is 8.42 Å². The third kappa shape index (κ3) is 5.73. The van der Waals surface area contributed by atoms with Crippen molar-refractivity contribution >= 4 is 27.5 Å². The fourth-order valence-electron chi connectivity index (χ4n) is 1.71. The van der Waals surface area contributed by atoms with Gasteiger partial charge in [-0.1, -0.05) is 6.92 Å². The second kappa shape index (κ2) is 8.54. The Labute approximate surface area is 126 Å². The van der Waals surface area contributed by atoms with Gasteiger partial charge in [0.25, 0.3) is 0 Å². The van der Waals surface area contributed by atoms with Crippen molar-refractivity contribution in [1.29, 1.82) is 0 Å². The third-order valence-corrected chi connectivity index (χ3v) is 5.10. The van der Waals surface area contributed by atoms with E-state index in [1.807, 2.05) is 13.2 Å². The Balaban J connectivity index is 2.67. The molecular formula is C14H24N2O2S2. The van der Waals surface area contributed by atoms with E-state index in [-0.39, 0.29) is 6.04 Å². The Morgan fingerprint density at radius 3 is 2.45 bits per heavy atom. The van der Waals surface area contributed by atoms with Crippen LogP contribution < -0.4 is 10.0 Å². The van der Waals surface area contributed by atoms with Gasteiger partial charge in [0.1, 0.15) is 0 Å². The lowest BCUT2D eigenvalue weighted by molar-refractivity contribution is 0.557. The molecule has 1 rings (SSSR count). The third-order valence-electron chi connectivity index (χ3n) is 2.86. The maximum Gasteiger partial charge on any atom is 0.240 e. The highest BCUT2D eigenvalue weighted by molar-refractivity contribution is 7.98. The Hall–Kier alpha value is -0.720. The number of rotatable bonds is 9. The minimum atomic E-state index is -3.41. The van der Waals surface area contributed by atoms with E-state index in [1.54, 1.807) is 36.0 Å². The fraction of sp³-hybridized carbons (Fsp3) is 0.571. The standard InChI is InChI=1S/C14H24N2O2S2/c1-4-10-15-13-5-7-14(8-6-13)20(17,18)16-12(2)9-11-19-3/h5-8,12,15-16H,4,9-11H2,1-3H3. The number of hydrogen-bond donors (Lipinski definition) is 2. The van der Waals surface area contributed by atoms with Crippen LogP contribution in [0.2, 0.25) is 0 Å². The van der Waals surface area contributed by atoms with Crippen LogP contribution in [0.15, 0.2) is 29.2 Å². The highest BCUT2D eigenvalue weighted by atomic mass is 32.2. The van der Waals surface area contributed by atoms with Gasteiger partial charge in [-0.05, 0) is 56.0 Å². The second-order valence-corrected chi connectivity index (χ2v) is 7.45. The van der Waals surface area contributed by atoms with Gasteiger partial charge in [-0.2, -0.15) is 11.8 Å². The zero-order valence-electron chi connectivity index (χ0n) is 12.3. The quantitative estimate of drug-likeness (QED) is 0.735. The lowest BCUT2D eigenvalue weighted by Gasteiger charge is -2.14. The molecule has 0 spiro atoms. The molecule has 1 atom stereocenters. The monoisotopic (exact) mass is 316 g/mol. The summed E-state index contributed by atoms with van der Waals surface area (Å²) in [7, 11) is -3.41. The van der Waals surface area contributed by atoms with Crippen molar-refractivity contribution < 1.29 is 8.42 Å². The molecule has 0 bridgehead atoms. The molecule has 0 aliphatic heterocycles. The van der Waals surface area contributed by atoms with E-state index in [4.69, 9.17) is 0 Å². The predicted octanol–water partition coefficient (Wildman–Crippen LogP) is 2.93.